The first-order valence-corrected chi connectivity index (χ1v) is 12.7. The molecule has 1 heterocycles. The number of ether oxygens (including phenoxy) is 2. The summed E-state index contributed by atoms with van der Waals surface area (Å²) in [6.45, 7) is 3.90. The first-order chi connectivity index (χ1) is 19.4. The smallest absolute Gasteiger partial charge is 0.497 e. The molecule has 0 fully saturated rings. The van der Waals surface area contributed by atoms with E-state index in [-0.39, 0.29) is 12.2 Å². The second kappa shape index (κ2) is 12.3. The van der Waals surface area contributed by atoms with E-state index in [1.54, 1.807) is 13.3 Å². The molecule has 0 aromatic heterocycles. The van der Waals surface area contributed by atoms with Gasteiger partial charge in [0.2, 0.25) is 5.91 Å². The monoisotopic (exact) mass is 584 g/mol. The molecule has 1 amide bonds. The van der Waals surface area contributed by atoms with Crippen molar-refractivity contribution in [1.29, 1.82) is 0 Å². The molecule has 1 unspecified atom stereocenters. The molecule has 0 bridgehead atoms. The number of methoxy groups -OCH3 is 1. The summed E-state index contributed by atoms with van der Waals surface area (Å²) in [5.74, 6) is -0.228. The number of benzene rings is 3. The largest absolute Gasteiger partial charge is 0.573 e. The van der Waals surface area contributed by atoms with Gasteiger partial charge in [0, 0.05) is 12.1 Å². The van der Waals surface area contributed by atoms with Crippen molar-refractivity contribution in [3.63, 3.8) is 0 Å². The first-order valence-electron chi connectivity index (χ1n) is 12.3. The van der Waals surface area contributed by atoms with E-state index in [0.717, 1.165) is 45.8 Å². The van der Waals surface area contributed by atoms with Crippen molar-refractivity contribution in [3.05, 3.63) is 82.9 Å². The van der Waals surface area contributed by atoms with E-state index < -0.39 is 18.3 Å². The van der Waals surface area contributed by atoms with Gasteiger partial charge in [-0.1, -0.05) is 24.3 Å². The molecular weight excluding hydrogens is 557 g/mol. The molecule has 4 rings (SSSR count). The highest BCUT2D eigenvalue weighted by Gasteiger charge is 2.34. The number of rotatable bonds is 8. The minimum absolute atomic E-state index is 0.231. The molecule has 9 nitrogen and oxygen atoms in total. The van der Waals surface area contributed by atoms with Gasteiger partial charge in [-0.2, -0.15) is 10.2 Å². The molecule has 3 aromatic rings. The Morgan fingerprint density at radius 1 is 1.10 bits per heavy atom. The minimum Gasteiger partial charge on any atom is -0.497 e. The standard InChI is InChI=1S/C28H27F3N6O3S/c1-16-12-22(39-3)13-17(2)25(16)34-27(41)35-33-15-18-4-6-19(7-5-18)23-14-24(26(32)38)37(36-23)20-8-10-21(11-9-20)40-28(29,30)31/h4-13,15,24H,14H2,1-3H3,(H2,32,38)(H2,34,35,41). The third kappa shape index (κ3) is 7.51. The number of carbonyl (C=O) groups excluding carboxylic acids is 1. The summed E-state index contributed by atoms with van der Waals surface area (Å²) < 4.78 is 46.6. The van der Waals surface area contributed by atoms with Crippen LogP contribution in [0.4, 0.5) is 24.5 Å². The van der Waals surface area contributed by atoms with Crippen LogP contribution in [0.3, 0.4) is 0 Å². The second-order valence-electron chi connectivity index (χ2n) is 9.14. The summed E-state index contributed by atoms with van der Waals surface area (Å²) >= 11 is 5.36. The van der Waals surface area contributed by atoms with Crippen LogP contribution in [-0.2, 0) is 4.79 Å². The van der Waals surface area contributed by atoms with Crippen LogP contribution in [-0.4, -0.2) is 42.5 Å². The van der Waals surface area contributed by atoms with Gasteiger partial charge in [0.25, 0.3) is 0 Å². The third-order valence-corrected chi connectivity index (χ3v) is 6.37. The molecule has 4 N–H and O–H groups in total. The summed E-state index contributed by atoms with van der Waals surface area (Å²) in [6.07, 6.45) is -2.97. The van der Waals surface area contributed by atoms with Crippen molar-refractivity contribution in [1.82, 2.24) is 5.43 Å². The van der Waals surface area contributed by atoms with Crippen LogP contribution in [0.15, 0.2) is 70.9 Å². The number of anilines is 2. The number of alkyl halides is 3. The lowest BCUT2D eigenvalue weighted by atomic mass is 10.0. The van der Waals surface area contributed by atoms with Crippen molar-refractivity contribution in [2.75, 3.05) is 17.4 Å². The van der Waals surface area contributed by atoms with Crippen LogP contribution in [0.1, 0.15) is 28.7 Å². The zero-order valence-corrected chi connectivity index (χ0v) is 23.1. The van der Waals surface area contributed by atoms with Crippen molar-refractivity contribution >= 4 is 46.5 Å². The van der Waals surface area contributed by atoms with Crippen LogP contribution in [0.5, 0.6) is 11.5 Å². The molecule has 0 spiro atoms. The highest BCUT2D eigenvalue weighted by molar-refractivity contribution is 7.80. The number of thiocarbonyl (C=S) groups is 1. The average Bonchev–Trinajstić information content (AvgIpc) is 3.36. The van der Waals surface area contributed by atoms with Crippen LogP contribution >= 0.6 is 12.2 Å². The van der Waals surface area contributed by atoms with Crippen molar-refractivity contribution < 1.29 is 27.4 Å². The number of nitrogens with one attached hydrogen (secondary N) is 2. The molecule has 13 heteroatoms. The Bertz CT molecular complexity index is 1470. The van der Waals surface area contributed by atoms with Crippen LogP contribution < -0.4 is 31.0 Å². The predicted octanol–water partition coefficient (Wildman–Crippen LogP) is 5.00. The number of nitrogens with two attached hydrogens (primary N) is 1. The van der Waals surface area contributed by atoms with Crippen LogP contribution in [0, 0.1) is 13.8 Å². The van der Waals surface area contributed by atoms with Crippen molar-refractivity contribution in [3.8, 4) is 11.5 Å². The number of hydrogen-bond donors (Lipinski definition) is 3. The van der Waals surface area contributed by atoms with Crippen molar-refractivity contribution in [2.24, 2.45) is 15.9 Å². The van der Waals surface area contributed by atoms with E-state index in [1.807, 2.05) is 50.2 Å². The molecule has 3 aromatic carbocycles. The van der Waals surface area contributed by atoms with Gasteiger partial charge in [-0.25, -0.2) is 0 Å². The summed E-state index contributed by atoms with van der Waals surface area (Å²) in [4.78, 5) is 12.1. The van der Waals surface area contributed by atoms with Gasteiger partial charge in [-0.15, -0.1) is 13.2 Å². The fourth-order valence-corrected chi connectivity index (χ4v) is 4.41. The number of halogens is 3. The van der Waals surface area contributed by atoms with E-state index in [2.05, 4.69) is 25.7 Å². The lowest BCUT2D eigenvalue weighted by Gasteiger charge is -2.21. The van der Waals surface area contributed by atoms with E-state index in [9.17, 15) is 18.0 Å². The summed E-state index contributed by atoms with van der Waals surface area (Å²) in [5, 5.41) is 13.6. The quantitative estimate of drug-likeness (QED) is 0.194. The number of amides is 1. The number of primary amides is 1. The molecule has 1 aliphatic heterocycles. The van der Waals surface area contributed by atoms with Gasteiger partial charge in [0.15, 0.2) is 5.11 Å². The molecular formula is C28H27F3N6O3S. The SMILES string of the molecule is COc1cc(C)c(NC(=S)NN=Cc2ccc(C3=NN(c4ccc(OC(F)(F)F)cc4)C(C(N)=O)C3)cc2)c(C)c1. The zero-order chi connectivity index (χ0) is 29.7. The maximum Gasteiger partial charge on any atom is 0.573 e. The van der Waals surface area contributed by atoms with E-state index >= 15 is 0 Å². The van der Waals surface area contributed by atoms with Gasteiger partial charge < -0.3 is 20.5 Å². The highest BCUT2D eigenvalue weighted by atomic mass is 32.1. The van der Waals surface area contributed by atoms with E-state index in [0.29, 0.717) is 16.5 Å². The normalized spacial score (nSPS) is 15.0. The van der Waals surface area contributed by atoms with Crippen LogP contribution in [0.25, 0.3) is 0 Å². The average molecular weight is 585 g/mol. The van der Waals surface area contributed by atoms with Gasteiger partial charge in [0.05, 0.1) is 24.7 Å². The van der Waals surface area contributed by atoms with Gasteiger partial charge in [0.1, 0.15) is 17.5 Å². The molecule has 0 aliphatic carbocycles. The number of carbonyl (C=O) groups is 1. The maximum absolute atomic E-state index is 12.5. The van der Waals surface area contributed by atoms with Gasteiger partial charge in [-0.3, -0.25) is 15.2 Å². The number of hydrogen-bond acceptors (Lipinski definition) is 7. The Hall–Kier alpha value is -4.65. The van der Waals surface area contributed by atoms with Crippen molar-refractivity contribution in [2.45, 2.75) is 32.7 Å². The molecule has 0 saturated heterocycles. The summed E-state index contributed by atoms with van der Waals surface area (Å²) in [5.41, 5.74) is 13.7. The molecule has 0 radical (unpaired) electrons. The van der Waals surface area contributed by atoms with Gasteiger partial charge >= 0.3 is 6.36 Å². The lowest BCUT2D eigenvalue weighted by Crippen LogP contribution is -2.39. The topological polar surface area (TPSA) is 114 Å². The number of aryl methyl sites for hydroxylation is 2. The fourth-order valence-electron chi connectivity index (χ4n) is 4.25. The molecule has 41 heavy (non-hydrogen) atoms. The predicted molar refractivity (Wildman–Crippen MR) is 156 cm³/mol. The fraction of sp³-hybridized carbons (Fsp3) is 0.214. The zero-order valence-electron chi connectivity index (χ0n) is 22.3. The Balaban J connectivity index is 1.40. The Kier molecular flexibility index (Phi) is 8.77. The summed E-state index contributed by atoms with van der Waals surface area (Å²) in [7, 11) is 1.62. The highest BCUT2D eigenvalue weighted by Crippen LogP contribution is 2.30. The number of hydrazone groups is 2. The minimum atomic E-state index is -4.80. The van der Waals surface area contributed by atoms with E-state index in [1.165, 1.54) is 17.1 Å². The molecule has 1 aliphatic rings. The molecule has 214 valence electrons. The lowest BCUT2D eigenvalue weighted by molar-refractivity contribution is -0.274. The third-order valence-electron chi connectivity index (χ3n) is 6.18. The Labute approximate surface area is 239 Å². The molecule has 0 saturated carbocycles. The van der Waals surface area contributed by atoms with Crippen LogP contribution in [0.2, 0.25) is 0 Å². The Morgan fingerprint density at radius 3 is 2.29 bits per heavy atom. The first kappa shape index (κ1) is 29.3. The maximum atomic E-state index is 12.5. The van der Waals surface area contributed by atoms with Gasteiger partial charge in [-0.05, 0) is 84.7 Å². The summed E-state index contributed by atoms with van der Waals surface area (Å²) in [6, 6.07) is 15.4. The van der Waals surface area contributed by atoms with E-state index in [4.69, 9.17) is 22.7 Å². The Morgan fingerprint density at radius 2 is 1.73 bits per heavy atom. The molecule has 1 atom stereocenters. The number of nitrogens with zero attached hydrogens (tertiary/aromatic N) is 3. The second-order valence-corrected chi connectivity index (χ2v) is 9.55.